The van der Waals surface area contributed by atoms with E-state index in [9.17, 15) is 5.11 Å². The van der Waals surface area contributed by atoms with Gasteiger partial charge in [-0.25, -0.2) is 0 Å². The summed E-state index contributed by atoms with van der Waals surface area (Å²) in [5.41, 5.74) is 8.10. The molecule has 2 aliphatic heterocycles. The van der Waals surface area contributed by atoms with Crippen molar-refractivity contribution in [2.24, 2.45) is 11.1 Å². The average molecular weight is 501 g/mol. The molecule has 0 aliphatic carbocycles. The van der Waals surface area contributed by atoms with E-state index < -0.39 is 0 Å². The minimum absolute atomic E-state index is 0.0217. The fourth-order valence-electron chi connectivity index (χ4n) is 4.81. The number of rotatable bonds is 6. The minimum atomic E-state index is -0.254. The topological polar surface area (TPSA) is 102 Å². The van der Waals surface area contributed by atoms with Crippen molar-refractivity contribution in [2.45, 2.75) is 48.4 Å². The first-order valence-corrected chi connectivity index (χ1v) is 12.8. The van der Waals surface area contributed by atoms with Gasteiger partial charge in [0.15, 0.2) is 5.82 Å². The number of halogens is 1. The Morgan fingerprint density at radius 2 is 2.03 bits per heavy atom. The van der Waals surface area contributed by atoms with Crippen molar-refractivity contribution in [3.8, 4) is 11.3 Å². The van der Waals surface area contributed by atoms with E-state index in [-0.39, 0.29) is 24.2 Å². The molecule has 5 rings (SSSR count). The van der Waals surface area contributed by atoms with Crippen LogP contribution < -0.4 is 10.6 Å². The van der Waals surface area contributed by atoms with E-state index in [1.54, 1.807) is 0 Å². The summed E-state index contributed by atoms with van der Waals surface area (Å²) in [6.45, 7) is 5.15. The maximum Gasteiger partial charge on any atom is 0.151 e. The van der Waals surface area contributed by atoms with Gasteiger partial charge in [0.1, 0.15) is 5.03 Å². The van der Waals surface area contributed by atoms with Gasteiger partial charge in [0.2, 0.25) is 0 Å². The molecular formula is C24H29ClN6O2S. The molecule has 2 aliphatic rings. The third kappa shape index (κ3) is 4.43. The lowest BCUT2D eigenvalue weighted by Crippen LogP contribution is -2.51. The van der Waals surface area contributed by atoms with Crippen LogP contribution in [-0.2, 0) is 11.3 Å². The lowest BCUT2D eigenvalue weighted by molar-refractivity contribution is 0.0479. The van der Waals surface area contributed by atoms with Crippen molar-refractivity contribution in [3.63, 3.8) is 0 Å². The maximum absolute atomic E-state index is 9.47. The Morgan fingerprint density at radius 1 is 1.21 bits per heavy atom. The lowest BCUT2D eigenvalue weighted by atomic mass is 9.73. The van der Waals surface area contributed by atoms with E-state index in [4.69, 9.17) is 22.1 Å². The summed E-state index contributed by atoms with van der Waals surface area (Å²) in [5, 5.41) is 24.4. The number of ether oxygens (including phenoxy) is 1. The molecule has 4 heterocycles. The summed E-state index contributed by atoms with van der Waals surface area (Å²) in [4.78, 5) is 3.16. The van der Waals surface area contributed by atoms with Crippen molar-refractivity contribution >= 4 is 29.2 Å². The molecule has 0 amide bonds. The van der Waals surface area contributed by atoms with E-state index in [1.807, 2.05) is 47.3 Å². The molecule has 2 aromatic heterocycles. The van der Waals surface area contributed by atoms with Gasteiger partial charge in [0, 0.05) is 47.7 Å². The van der Waals surface area contributed by atoms with Gasteiger partial charge >= 0.3 is 0 Å². The summed E-state index contributed by atoms with van der Waals surface area (Å²) in [5.74, 6) is 0.857. The summed E-state index contributed by atoms with van der Waals surface area (Å²) in [7, 11) is 0. The second-order valence-corrected chi connectivity index (χ2v) is 10.4. The molecule has 3 N–H and O–H groups in total. The van der Waals surface area contributed by atoms with Crippen LogP contribution in [0.15, 0.2) is 52.5 Å². The molecule has 10 heteroatoms. The highest BCUT2D eigenvalue weighted by atomic mass is 35.5. The maximum atomic E-state index is 9.47. The van der Waals surface area contributed by atoms with Crippen LogP contribution in [0.25, 0.3) is 11.3 Å². The van der Waals surface area contributed by atoms with Gasteiger partial charge in [-0.15, -0.1) is 10.2 Å². The van der Waals surface area contributed by atoms with Crippen LogP contribution in [0, 0.1) is 5.41 Å². The second kappa shape index (κ2) is 9.83. The van der Waals surface area contributed by atoms with Crippen molar-refractivity contribution < 1.29 is 9.84 Å². The van der Waals surface area contributed by atoms with Crippen LogP contribution in [0.3, 0.4) is 0 Å². The quantitative estimate of drug-likeness (QED) is 0.530. The number of aliphatic hydroxyl groups excluding tert-OH is 1. The molecule has 34 heavy (non-hydrogen) atoms. The first-order chi connectivity index (χ1) is 16.5. The standard InChI is InChI=1S/C24H29ClN6O2S/c1-2-31-11-8-17(29-31)16-4-3-5-19(22(16)25)34-21-7-6-20(27-28-21)30-12-9-24(10-13-30)15-33-18(14-32)23(24)26/h3-8,11,18,23,32H,2,9-10,12-15,26H2,1H3/t18-,23-/m1/s1. The summed E-state index contributed by atoms with van der Waals surface area (Å²) < 4.78 is 7.62. The Kier molecular flexibility index (Phi) is 6.81. The molecule has 1 aromatic carbocycles. The monoisotopic (exact) mass is 500 g/mol. The third-order valence-corrected chi connectivity index (χ3v) is 8.51. The number of hydrogen-bond acceptors (Lipinski definition) is 8. The van der Waals surface area contributed by atoms with E-state index in [0.29, 0.717) is 11.6 Å². The average Bonchev–Trinajstić information content (AvgIpc) is 3.46. The van der Waals surface area contributed by atoms with Crippen LogP contribution in [0.4, 0.5) is 5.82 Å². The zero-order valence-electron chi connectivity index (χ0n) is 19.1. The van der Waals surface area contributed by atoms with Crippen LogP contribution >= 0.6 is 23.4 Å². The number of anilines is 1. The Bertz CT molecular complexity index is 1130. The first-order valence-electron chi connectivity index (χ1n) is 11.6. The largest absolute Gasteiger partial charge is 0.394 e. The Balaban J connectivity index is 1.25. The highest BCUT2D eigenvalue weighted by molar-refractivity contribution is 7.99. The molecule has 2 saturated heterocycles. The van der Waals surface area contributed by atoms with E-state index in [0.717, 1.165) is 59.5 Å². The smallest absolute Gasteiger partial charge is 0.151 e. The molecule has 2 atom stereocenters. The molecule has 0 bridgehead atoms. The number of nitrogens with two attached hydrogens (primary N) is 1. The van der Waals surface area contributed by atoms with E-state index >= 15 is 0 Å². The van der Waals surface area contributed by atoms with Gasteiger partial charge in [0.25, 0.3) is 0 Å². The number of piperidine rings is 1. The van der Waals surface area contributed by atoms with Crippen molar-refractivity contribution in [1.82, 2.24) is 20.0 Å². The van der Waals surface area contributed by atoms with Crippen molar-refractivity contribution in [3.05, 3.63) is 47.6 Å². The van der Waals surface area contributed by atoms with Gasteiger partial charge in [-0.05, 0) is 44.0 Å². The number of aryl methyl sites for hydroxylation is 1. The Labute approximate surface area is 208 Å². The summed E-state index contributed by atoms with van der Waals surface area (Å²) in [6.07, 6.45) is 3.53. The van der Waals surface area contributed by atoms with Crippen LogP contribution in [-0.4, -0.2) is 63.5 Å². The molecule has 8 nitrogen and oxygen atoms in total. The van der Waals surface area contributed by atoms with Crippen LogP contribution in [0.5, 0.6) is 0 Å². The SMILES string of the molecule is CCn1ccc(-c2cccc(Sc3ccc(N4CCC5(CC4)CO[C@H](CO)[C@H]5N)nn3)c2Cl)n1. The predicted octanol–water partition coefficient (Wildman–Crippen LogP) is 3.47. The van der Waals surface area contributed by atoms with E-state index in [2.05, 4.69) is 27.1 Å². The van der Waals surface area contributed by atoms with Crippen LogP contribution in [0.1, 0.15) is 19.8 Å². The van der Waals surface area contributed by atoms with Gasteiger partial charge in [-0.1, -0.05) is 35.5 Å². The lowest BCUT2D eigenvalue weighted by Gasteiger charge is -2.41. The number of aliphatic hydroxyl groups is 1. The van der Waals surface area contributed by atoms with Gasteiger partial charge in [-0.2, -0.15) is 5.10 Å². The fraction of sp³-hybridized carbons (Fsp3) is 0.458. The molecule has 3 aromatic rings. The molecule has 1 spiro atoms. The van der Waals surface area contributed by atoms with Crippen LogP contribution in [0.2, 0.25) is 5.02 Å². The Morgan fingerprint density at radius 3 is 2.68 bits per heavy atom. The Hall–Kier alpha value is -2.17. The molecular weight excluding hydrogens is 472 g/mol. The zero-order valence-corrected chi connectivity index (χ0v) is 20.7. The minimum Gasteiger partial charge on any atom is -0.394 e. The van der Waals surface area contributed by atoms with E-state index in [1.165, 1.54) is 11.8 Å². The fourth-order valence-corrected chi connectivity index (χ4v) is 5.94. The predicted molar refractivity (Wildman–Crippen MR) is 133 cm³/mol. The van der Waals surface area contributed by atoms with Crippen molar-refractivity contribution in [1.29, 1.82) is 0 Å². The zero-order chi connectivity index (χ0) is 23.7. The highest BCUT2D eigenvalue weighted by Crippen LogP contribution is 2.42. The third-order valence-electron chi connectivity index (χ3n) is 7.00. The van der Waals surface area contributed by atoms with Gasteiger partial charge in [-0.3, -0.25) is 4.68 Å². The number of aromatic nitrogens is 4. The van der Waals surface area contributed by atoms with Gasteiger partial charge in [0.05, 0.1) is 30.0 Å². The molecule has 2 fully saturated rings. The number of nitrogens with zero attached hydrogens (tertiary/aromatic N) is 5. The number of benzene rings is 1. The first kappa shape index (κ1) is 23.6. The molecule has 0 saturated carbocycles. The second-order valence-electron chi connectivity index (χ2n) is 8.91. The number of hydrogen-bond donors (Lipinski definition) is 2. The molecule has 180 valence electrons. The molecule has 0 radical (unpaired) electrons. The van der Waals surface area contributed by atoms with Crippen molar-refractivity contribution in [2.75, 3.05) is 31.2 Å². The summed E-state index contributed by atoms with van der Waals surface area (Å²) >= 11 is 8.22. The normalized spacial score (nSPS) is 21.9. The highest BCUT2D eigenvalue weighted by Gasteiger charge is 2.48. The summed E-state index contributed by atoms with van der Waals surface area (Å²) in [6, 6.07) is 11.8. The molecule has 0 unspecified atom stereocenters. The van der Waals surface area contributed by atoms with Gasteiger partial charge < -0.3 is 20.5 Å².